The van der Waals surface area contributed by atoms with E-state index in [2.05, 4.69) is 77.6 Å². The average molecular weight is 761 g/mol. The van der Waals surface area contributed by atoms with Crippen LogP contribution in [0.1, 0.15) is 51.7 Å². The van der Waals surface area contributed by atoms with Gasteiger partial charge in [-0.05, 0) is 47.9 Å². The Kier molecular flexibility index (Phi) is 20.8. The van der Waals surface area contributed by atoms with Crippen molar-refractivity contribution in [1.82, 2.24) is 10.6 Å². The van der Waals surface area contributed by atoms with Gasteiger partial charge >= 0.3 is 12.2 Å². The molecule has 0 unspecified atom stereocenters. The molecule has 0 aliphatic rings. The van der Waals surface area contributed by atoms with Gasteiger partial charge in [-0.15, -0.1) is 0 Å². The quantitative estimate of drug-likeness (QED) is 0.0586. The zero-order chi connectivity index (χ0) is 38.6. The zero-order valence-corrected chi connectivity index (χ0v) is 35.6. The highest BCUT2D eigenvalue weighted by atomic mass is 28.3. The number of nitrogens with one attached hydrogen (secondary N) is 2. The molecule has 0 aromatic heterocycles. The molecule has 0 saturated heterocycles. The van der Waals surface area contributed by atoms with E-state index in [4.69, 9.17) is 28.4 Å². The van der Waals surface area contributed by atoms with E-state index in [1.54, 1.807) is 0 Å². The lowest BCUT2D eigenvalue weighted by atomic mass is 9.89. The number of carbonyl (C=O) groups is 2. The fraction of sp³-hybridized carbons (Fsp3) is 0.650. The molecule has 2 amide bonds. The van der Waals surface area contributed by atoms with Gasteiger partial charge in [0, 0.05) is 29.4 Å². The maximum atomic E-state index is 13.4. The minimum Gasteiger partial charge on any atom is -0.445 e. The summed E-state index contributed by atoms with van der Waals surface area (Å²) in [5, 5.41) is 6.20. The lowest BCUT2D eigenvalue weighted by Gasteiger charge is -2.39. The van der Waals surface area contributed by atoms with E-state index in [-0.39, 0.29) is 38.6 Å². The van der Waals surface area contributed by atoms with Crippen LogP contribution in [0.25, 0.3) is 0 Å². The molecule has 2 aromatic carbocycles. The molecular formula is C40H68N2O8Si2. The molecule has 0 spiro atoms. The lowest BCUT2D eigenvalue weighted by molar-refractivity contribution is -0.182. The molecule has 0 aliphatic heterocycles. The van der Waals surface area contributed by atoms with Crippen LogP contribution in [0.15, 0.2) is 60.7 Å². The topological polar surface area (TPSA) is 114 Å². The van der Waals surface area contributed by atoms with Crippen LogP contribution in [0.5, 0.6) is 0 Å². The second-order valence-electron chi connectivity index (χ2n) is 16.8. The van der Waals surface area contributed by atoms with Crippen molar-refractivity contribution in [2.24, 2.45) is 11.8 Å². The Hall–Kier alpha value is -2.75. The Balaban J connectivity index is 2.43. The fourth-order valence-electron chi connectivity index (χ4n) is 5.41. The molecule has 2 rings (SSSR count). The Morgan fingerprint density at radius 2 is 0.923 bits per heavy atom. The molecule has 294 valence electrons. The van der Waals surface area contributed by atoms with Crippen molar-refractivity contribution >= 4 is 28.3 Å². The van der Waals surface area contributed by atoms with Gasteiger partial charge in [0.25, 0.3) is 0 Å². The van der Waals surface area contributed by atoms with Gasteiger partial charge in [-0.2, -0.15) is 0 Å². The first kappa shape index (κ1) is 45.4. The maximum absolute atomic E-state index is 13.4. The number of hydrogen-bond acceptors (Lipinski definition) is 8. The Morgan fingerprint density at radius 1 is 0.577 bits per heavy atom. The van der Waals surface area contributed by atoms with E-state index in [1.807, 2.05) is 60.7 Å². The number of alkyl carbamates (subject to hydrolysis) is 2. The third-order valence-corrected chi connectivity index (χ3v) is 11.7. The molecule has 12 heteroatoms. The summed E-state index contributed by atoms with van der Waals surface area (Å²) in [6.45, 7) is 23.5. The first-order valence-corrected chi connectivity index (χ1v) is 26.3. The van der Waals surface area contributed by atoms with Crippen LogP contribution in [0.2, 0.25) is 51.4 Å². The number of benzene rings is 2. The summed E-state index contributed by atoms with van der Waals surface area (Å²) >= 11 is 0. The van der Waals surface area contributed by atoms with Crippen LogP contribution >= 0.6 is 0 Å². The first-order chi connectivity index (χ1) is 24.5. The van der Waals surface area contributed by atoms with E-state index >= 15 is 0 Å². The van der Waals surface area contributed by atoms with E-state index in [9.17, 15) is 9.59 Å². The maximum Gasteiger partial charge on any atom is 0.407 e. The van der Waals surface area contributed by atoms with Gasteiger partial charge in [-0.25, -0.2) is 9.59 Å². The van der Waals surface area contributed by atoms with Crippen LogP contribution in [0, 0.1) is 11.8 Å². The number of carbonyl (C=O) groups excluding carboxylic acids is 2. The summed E-state index contributed by atoms with van der Waals surface area (Å²) in [4.78, 5) is 26.8. The molecule has 0 bridgehead atoms. The molecule has 2 N–H and O–H groups in total. The molecule has 2 aromatic rings. The molecule has 0 radical (unpaired) electrons. The van der Waals surface area contributed by atoms with Crippen LogP contribution < -0.4 is 10.6 Å². The van der Waals surface area contributed by atoms with Gasteiger partial charge in [-0.1, -0.05) is 128 Å². The number of rotatable bonds is 25. The summed E-state index contributed by atoms with van der Waals surface area (Å²) in [5.74, 6) is 0.360. The highest BCUT2D eigenvalue weighted by Gasteiger charge is 2.40. The smallest absolute Gasteiger partial charge is 0.407 e. The molecule has 52 heavy (non-hydrogen) atoms. The predicted octanol–water partition coefficient (Wildman–Crippen LogP) is 9.06. The molecule has 4 atom stereocenters. The van der Waals surface area contributed by atoms with Crippen molar-refractivity contribution in [3.05, 3.63) is 71.8 Å². The van der Waals surface area contributed by atoms with E-state index < -0.39 is 52.6 Å². The minimum absolute atomic E-state index is 0.00627. The van der Waals surface area contributed by atoms with Crippen molar-refractivity contribution in [1.29, 1.82) is 0 Å². The number of amides is 2. The summed E-state index contributed by atoms with van der Waals surface area (Å²) in [7, 11) is -2.68. The van der Waals surface area contributed by atoms with Crippen molar-refractivity contribution < 1.29 is 38.0 Å². The number of hydrogen-bond donors (Lipinski definition) is 2. The predicted molar refractivity (Wildman–Crippen MR) is 214 cm³/mol. The SMILES string of the molecule is CC(C)C[C@@H](NC(=O)OCc1ccccc1)[C@H](OCOCC[Si](C)(C)C)[C@@H](OCOCC[Si](C)(C)C)[C@@H](CC(C)C)NC(=O)OCc1ccccc1. The Morgan fingerprint density at radius 3 is 1.23 bits per heavy atom. The van der Waals surface area contributed by atoms with Crippen LogP contribution in [0.4, 0.5) is 9.59 Å². The standard InChI is InChI=1S/C40H68N2O8Si2/c1-31(2)25-35(41-39(43)47-27-33-17-13-11-14-18-33)37(49-29-45-21-23-51(5,6)7)38(50-30-46-22-24-52(8,9)10)36(26-32(3)4)42-40(44)48-28-34-19-15-12-16-20-34/h11-20,31-32,35-38H,21-30H2,1-10H3,(H,41,43)(H,42,44)/t35-,36-,37+,38+/m1/s1. The van der Waals surface area contributed by atoms with Gasteiger partial charge in [0.1, 0.15) is 39.0 Å². The largest absolute Gasteiger partial charge is 0.445 e. The van der Waals surface area contributed by atoms with Gasteiger partial charge in [-0.3, -0.25) is 0 Å². The molecular weight excluding hydrogens is 693 g/mol. The van der Waals surface area contributed by atoms with Gasteiger partial charge in [0.05, 0.1) is 12.1 Å². The second kappa shape index (κ2) is 23.8. The third kappa shape index (κ3) is 21.1. The van der Waals surface area contributed by atoms with Crippen molar-refractivity contribution in [3.8, 4) is 0 Å². The average Bonchev–Trinajstić information content (AvgIpc) is 3.05. The highest BCUT2D eigenvalue weighted by Crippen LogP contribution is 2.24. The van der Waals surface area contributed by atoms with Gasteiger partial charge < -0.3 is 39.1 Å². The molecule has 0 saturated carbocycles. The van der Waals surface area contributed by atoms with E-state index in [0.717, 1.165) is 23.2 Å². The lowest BCUT2D eigenvalue weighted by Crippen LogP contribution is -2.59. The minimum atomic E-state index is -1.34. The third-order valence-electron chi connectivity index (χ3n) is 8.28. The molecule has 0 fully saturated rings. The molecule has 0 heterocycles. The summed E-state index contributed by atoms with van der Waals surface area (Å²) < 4.78 is 36.6. The molecule has 10 nitrogen and oxygen atoms in total. The summed E-state index contributed by atoms with van der Waals surface area (Å²) in [5.41, 5.74) is 1.77. The van der Waals surface area contributed by atoms with Crippen LogP contribution in [0.3, 0.4) is 0 Å². The Bertz CT molecular complexity index is 1160. The summed E-state index contributed by atoms with van der Waals surface area (Å²) in [6, 6.07) is 20.0. The second-order valence-corrected chi connectivity index (χ2v) is 28.1. The summed E-state index contributed by atoms with van der Waals surface area (Å²) in [6.07, 6.45) is -1.49. The first-order valence-electron chi connectivity index (χ1n) is 18.9. The van der Waals surface area contributed by atoms with Crippen LogP contribution in [-0.2, 0) is 41.6 Å². The fourth-order valence-corrected chi connectivity index (χ4v) is 6.92. The normalized spacial score (nSPS) is 14.5. The highest BCUT2D eigenvalue weighted by molar-refractivity contribution is 6.76. The Labute approximate surface area is 316 Å². The van der Waals surface area contributed by atoms with Crippen molar-refractivity contribution in [3.63, 3.8) is 0 Å². The zero-order valence-electron chi connectivity index (χ0n) is 33.6. The van der Waals surface area contributed by atoms with Gasteiger partial charge in [0.15, 0.2) is 0 Å². The molecule has 0 aliphatic carbocycles. The monoisotopic (exact) mass is 760 g/mol. The van der Waals surface area contributed by atoms with Crippen molar-refractivity contribution in [2.75, 3.05) is 26.8 Å². The van der Waals surface area contributed by atoms with Gasteiger partial charge in [0.2, 0.25) is 0 Å². The van der Waals surface area contributed by atoms with Crippen LogP contribution in [-0.4, -0.2) is 79.4 Å². The van der Waals surface area contributed by atoms with E-state index in [1.165, 1.54) is 0 Å². The van der Waals surface area contributed by atoms with Crippen molar-refractivity contribution in [2.45, 2.75) is 129 Å². The van der Waals surface area contributed by atoms with E-state index in [0.29, 0.717) is 26.1 Å². The number of ether oxygens (including phenoxy) is 6.